The van der Waals surface area contributed by atoms with Crippen molar-refractivity contribution in [1.82, 2.24) is 5.32 Å². The first kappa shape index (κ1) is 15.1. The van der Waals surface area contributed by atoms with Gasteiger partial charge in [0.25, 0.3) is 5.91 Å². The van der Waals surface area contributed by atoms with E-state index in [9.17, 15) is 9.59 Å². The quantitative estimate of drug-likeness (QED) is 0.908. The van der Waals surface area contributed by atoms with Crippen LogP contribution in [0.4, 0.5) is 11.4 Å². The third-order valence-corrected chi connectivity index (χ3v) is 3.95. The van der Waals surface area contributed by atoms with E-state index in [0.717, 1.165) is 18.7 Å². The molecule has 23 heavy (non-hydrogen) atoms. The summed E-state index contributed by atoms with van der Waals surface area (Å²) in [5.74, 6) is -0.259. The molecule has 0 atom stereocenters. The molecule has 2 N–H and O–H groups in total. The summed E-state index contributed by atoms with van der Waals surface area (Å²) in [5, 5.41) is 5.43. The van der Waals surface area contributed by atoms with Crippen molar-refractivity contribution in [2.75, 3.05) is 30.4 Å². The number of para-hydroxylation sites is 1. The van der Waals surface area contributed by atoms with E-state index in [-0.39, 0.29) is 11.8 Å². The summed E-state index contributed by atoms with van der Waals surface area (Å²) in [6.45, 7) is 1.16. The molecule has 0 aromatic heterocycles. The van der Waals surface area contributed by atoms with Gasteiger partial charge in [-0.3, -0.25) is 9.59 Å². The largest absolute Gasteiger partial charge is 0.362 e. The van der Waals surface area contributed by atoms with Crippen LogP contribution in [0, 0.1) is 0 Å². The predicted molar refractivity (Wildman–Crippen MR) is 90.8 cm³/mol. The number of nitrogens with zero attached hydrogens (tertiary/aromatic N) is 1. The average Bonchev–Trinajstić information content (AvgIpc) is 2.97. The zero-order valence-electron chi connectivity index (χ0n) is 13.0. The summed E-state index contributed by atoms with van der Waals surface area (Å²) in [6.07, 6.45) is 0.968. The van der Waals surface area contributed by atoms with Crippen LogP contribution in [0.2, 0.25) is 0 Å². The second-order valence-electron chi connectivity index (χ2n) is 5.51. The van der Waals surface area contributed by atoms with Crippen molar-refractivity contribution in [2.45, 2.75) is 6.42 Å². The van der Waals surface area contributed by atoms with Crippen LogP contribution in [0.15, 0.2) is 48.5 Å². The number of nitrogens with one attached hydrogen (secondary N) is 2. The van der Waals surface area contributed by atoms with Gasteiger partial charge in [0.15, 0.2) is 0 Å². The van der Waals surface area contributed by atoms with Gasteiger partial charge < -0.3 is 15.5 Å². The van der Waals surface area contributed by atoms with E-state index in [4.69, 9.17) is 0 Å². The molecule has 1 heterocycles. The lowest BCUT2D eigenvalue weighted by molar-refractivity contribution is -0.115. The standard InChI is InChI=1S/C18H19N3O2/c1-19-18(23)14-6-4-7-15(11-14)20-17(22)12-21-10-9-13-5-2-3-8-16(13)21/h2-8,11H,9-10,12H2,1H3,(H,19,23)(H,20,22). The second-order valence-corrected chi connectivity index (χ2v) is 5.51. The van der Waals surface area contributed by atoms with Gasteiger partial charge in [-0.25, -0.2) is 0 Å². The lowest BCUT2D eigenvalue weighted by Gasteiger charge is -2.18. The molecule has 0 saturated carbocycles. The molecule has 0 radical (unpaired) electrons. The molecule has 5 nitrogen and oxygen atoms in total. The normalized spacial score (nSPS) is 12.7. The molecule has 0 unspecified atom stereocenters. The summed E-state index contributed by atoms with van der Waals surface area (Å²) in [7, 11) is 1.58. The van der Waals surface area contributed by atoms with Crippen molar-refractivity contribution in [1.29, 1.82) is 0 Å². The average molecular weight is 309 g/mol. The molecule has 2 amide bonds. The molecule has 118 valence electrons. The van der Waals surface area contributed by atoms with Gasteiger partial charge in [0.2, 0.25) is 5.91 Å². The summed E-state index contributed by atoms with van der Waals surface area (Å²) < 4.78 is 0. The van der Waals surface area contributed by atoms with Crippen LogP contribution >= 0.6 is 0 Å². The molecule has 2 aromatic rings. The first-order valence-corrected chi connectivity index (χ1v) is 7.62. The Morgan fingerprint density at radius 1 is 1.13 bits per heavy atom. The molecule has 1 aliphatic rings. The van der Waals surface area contributed by atoms with Crippen molar-refractivity contribution in [3.8, 4) is 0 Å². The Morgan fingerprint density at radius 3 is 2.78 bits per heavy atom. The summed E-state index contributed by atoms with van der Waals surface area (Å²) in [4.78, 5) is 26.0. The van der Waals surface area contributed by atoms with Crippen LogP contribution in [0.25, 0.3) is 0 Å². The van der Waals surface area contributed by atoms with Gasteiger partial charge in [-0.15, -0.1) is 0 Å². The van der Waals surface area contributed by atoms with E-state index < -0.39 is 0 Å². The van der Waals surface area contributed by atoms with Crippen molar-refractivity contribution in [2.24, 2.45) is 0 Å². The van der Waals surface area contributed by atoms with Crippen LogP contribution in [0.5, 0.6) is 0 Å². The van der Waals surface area contributed by atoms with Gasteiger partial charge in [0.05, 0.1) is 6.54 Å². The van der Waals surface area contributed by atoms with Crippen LogP contribution in [-0.4, -0.2) is 32.0 Å². The number of anilines is 2. The maximum Gasteiger partial charge on any atom is 0.251 e. The maximum atomic E-state index is 12.3. The summed E-state index contributed by atoms with van der Waals surface area (Å²) in [5.41, 5.74) is 3.56. The van der Waals surface area contributed by atoms with Gasteiger partial charge in [-0.2, -0.15) is 0 Å². The van der Waals surface area contributed by atoms with Crippen LogP contribution in [0.1, 0.15) is 15.9 Å². The van der Waals surface area contributed by atoms with Crippen molar-refractivity contribution >= 4 is 23.2 Å². The minimum atomic E-state index is -0.172. The number of benzene rings is 2. The number of hydrogen-bond donors (Lipinski definition) is 2. The van der Waals surface area contributed by atoms with Crippen molar-refractivity contribution < 1.29 is 9.59 Å². The van der Waals surface area contributed by atoms with Crippen LogP contribution in [0.3, 0.4) is 0 Å². The van der Waals surface area contributed by atoms with Gasteiger partial charge in [0, 0.05) is 30.5 Å². The van der Waals surface area contributed by atoms with Crippen molar-refractivity contribution in [3.63, 3.8) is 0 Å². The molecule has 0 fully saturated rings. The number of carbonyl (C=O) groups is 2. The summed E-state index contributed by atoms with van der Waals surface area (Å²) >= 11 is 0. The lowest BCUT2D eigenvalue weighted by atomic mass is 10.2. The number of amides is 2. The smallest absolute Gasteiger partial charge is 0.251 e. The minimum Gasteiger partial charge on any atom is -0.362 e. The first-order valence-electron chi connectivity index (χ1n) is 7.62. The van der Waals surface area contributed by atoms with E-state index >= 15 is 0 Å². The second kappa shape index (κ2) is 6.52. The van der Waals surface area contributed by atoms with E-state index in [1.54, 1.807) is 31.3 Å². The minimum absolute atomic E-state index is 0.0873. The van der Waals surface area contributed by atoms with Gasteiger partial charge in [-0.1, -0.05) is 24.3 Å². The molecule has 5 heteroatoms. The van der Waals surface area contributed by atoms with Crippen molar-refractivity contribution in [3.05, 3.63) is 59.7 Å². The molecule has 0 saturated heterocycles. The van der Waals surface area contributed by atoms with Crippen LogP contribution in [-0.2, 0) is 11.2 Å². The molecule has 2 aromatic carbocycles. The molecule has 0 aliphatic carbocycles. The fraction of sp³-hybridized carbons (Fsp3) is 0.222. The number of hydrogen-bond acceptors (Lipinski definition) is 3. The fourth-order valence-corrected chi connectivity index (χ4v) is 2.83. The number of rotatable bonds is 4. The molecule has 3 rings (SSSR count). The Morgan fingerprint density at radius 2 is 1.96 bits per heavy atom. The van der Waals surface area contributed by atoms with E-state index in [1.807, 2.05) is 18.2 Å². The molecule has 0 spiro atoms. The fourth-order valence-electron chi connectivity index (χ4n) is 2.83. The SMILES string of the molecule is CNC(=O)c1cccc(NC(=O)CN2CCc3ccccc32)c1. The molecule has 0 bridgehead atoms. The van der Waals surface area contributed by atoms with Gasteiger partial charge in [0.1, 0.15) is 0 Å². The number of carbonyl (C=O) groups excluding carboxylic acids is 2. The summed E-state index contributed by atoms with van der Waals surface area (Å²) in [6, 6.07) is 15.1. The third-order valence-electron chi connectivity index (χ3n) is 3.95. The Hall–Kier alpha value is -2.82. The van der Waals surface area contributed by atoms with E-state index in [0.29, 0.717) is 17.8 Å². The molecular formula is C18H19N3O2. The number of fused-ring (bicyclic) bond motifs is 1. The highest BCUT2D eigenvalue weighted by atomic mass is 16.2. The monoisotopic (exact) mass is 309 g/mol. The Kier molecular flexibility index (Phi) is 4.28. The first-order chi connectivity index (χ1) is 11.2. The predicted octanol–water partition coefficient (Wildman–Crippen LogP) is 2.05. The molecular weight excluding hydrogens is 290 g/mol. The highest BCUT2D eigenvalue weighted by Gasteiger charge is 2.20. The Labute approximate surface area is 135 Å². The zero-order chi connectivity index (χ0) is 16.2. The zero-order valence-corrected chi connectivity index (χ0v) is 13.0. The highest BCUT2D eigenvalue weighted by molar-refractivity contribution is 5.98. The lowest BCUT2D eigenvalue weighted by Crippen LogP contribution is -2.31. The van der Waals surface area contributed by atoms with E-state index in [2.05, 4.69) is 21.6 Å². The van der Waals surface area contributed by atoms with Gasteiger partial charge >= 0.3 is 0 Å². The third kappa shape index (κ3) is 3.34. The Bertz CT molecular complexity index is 743. The van der Waals surface area contributed by atoms with Gasteiger partial charge in [-0.05, 0) is 36.2 Å². The maximum absolute atomic E-state index is 12.3. The van der Waals surface area contributed by atoms with Crippen LogP contribution < -0.4 is 15.5 Å². The van der Waals surface area contributed by atoms with E-state index in [1.165, 1.54) is 5.56 Å². The molecule has 1 aliphatic heterocycles. The topological polar surface area (TPSA) is 61.4 Å². The highest BCUT2D eigenvalue weighted by Crippen LogP contribution is 2.27. The Balaban J connectivity index is 1.66.